The molecule has 9 heteroatoms. The maximum Gasteiger partial charge on any atom is 0.338 e. The van der Waals surface area contributed by atoms with E-state index < -0.39 is 23.4 Å². The van der Waals surface area contributed by atoms with Gasteiger partial charge < -0.3 is 15.0 Å². The summed E-state index contributed by atoms with van der Waals surface area (Å²) in [7, 11) is 0. The Hall–Kier alpha value is -3.13. The monoisotopic (exact) mass is 417 g/mol. The van der Waals surface area contributed by atoms with Crippen LogP contribution in [0.1, 0.15) is 29.6 Å². The number of anilines is 2. The van der Waals surface area contributed by atoms with Gasteiger partial charge in [-0.15, -0.1) is 0 Å². The Morgan fingerprint density at radius 1 is 1.10 bits per heavy atom. The second-order valence-electron chi connectivity index (χ2n) is 6.64. The van der Waals surface area contributed by atoms with Crippen LogP contribution in [0, 0.1) is 10.1 Å². The molecule has 1 fully saturated rings. The highest BCUT2D eigenvalue weighted by atomic mass is 35.5. The minimum Gasteiger partial charge on any atom is -0.452 e. The molecule has 0 saturated carbocycles. The van der Waals surface area contributed by atoms with Gasteiger partial charge in [0.2, 0.25) is 0 Å². The lowest BCUT2D eigenvalue weighted by Crippen LogP contribution is -2.30. The number of esters is 1. The molecule has 1 heterocycles. The van der Waals surface area contributed by atoms with Gasteiger partial charge in [-0.3, -0.25) is 14.9 Å². The average molecular weight is 418 g/mol. The number of nitro groups is 1. The predicted octanol–water partition coefficient (Wildman–Crippen LogP) is 4.03. The molecule has 0 aromatic heterocycles. The zero-order valence-electron chi connectivity index (χ0n) is 15.6. The molecule has 1 aliphatic rings. The van der Waals surface area contributed by atoms with Gasteiger partial charge in [0.05, 0.1) is 10.5 Å². The molecule has 0 unspecified atom stereocenters. The number of halogens is 1. The highest BCUT2D eigenvalue weighted by molar-refractivity contribution is 6.30. The number of piperidine rings is 1. The second kappa shape index (κ2) is 9.38. The summed E-state index contributed by atoms with van der Waals surface area (Å²) in [5.41, 5.74) is 0.882. The van der Waals surface area contributed by atoms with Crippen LogP contribution >= 0.6 is 11.6 Å². The van der Waals surface area contributed by atoms with Gasteiger partial charge in [0.25, 0.3) is 11.6 Å². The van der Waals surface area contributed by atoms with Crippen molar-refractivity contribution in [1.29, 1.82) is 0 Å². The van der Waals surface area contributed by atoms with Crippen molar-refractivity contribution < 1.29 is 19.2 Å². The quantitative estimate of drug-likeness (QED) is 0.432. The molecule has 8 nitrogen and oxygen atoms in total. The number of carbonyl (C=O) groups excluding carboxylic acids is 2. The molecule has 3 rings (SSSR count). The number of ether oxygens (including phenoxy) is 1. The van der Waals surface area contributed by atoms with Gasteiger partial charge in [-0.25, -0.2) is 4.79 Å². The minimum atomic E-state index is -0.801. The molecule has 0 radical (unpaired) electrons. The molecule has 152 valence electrons. The fourth-order valence-electron chi connectivity index (χ4n) is 3.14. The molecule has 0 aliphatic carbocycles. The van der Waals surface area contributed by atoms with Crippen LogP contribution < -0.4 is 10.2 Å². The maximum absolute atomic E-state index is 12.3. The van der Waals surface area contributed by atoms with Gasteiger partial charge in [0.1, 0.15) is 5.69 Å². The summed E-state index contributed by atoms with van der Waals surface area (Å²) >= 11 is 5.78. The first-order valence-corrected chi connectivity index (χ1v) is 9.58. The zero-order chi connectivity index (χ0) is 20.8. The number of hydrogen-bond acceptors (Lipinski definition) is 6. The van der Waals surface area contributed by atoms with Crippen LogP contribution in [0.2, 0.25) is 5.02 Å². The Bertz CT molecular complexity index is 911. The van der Waals surface area contributed by atoms with Crippen LogP contribution in [0.25, 0.3) is 0 Å². The first-order valence-electron chi connectivity index (χ1n) is 9.20. The standard InChI is InChI=1S/C20H20ClN3O5/c21-15-5-7-16(8-6-15)22-19(25)13-29-20(26)14-4-9-17(18(12-14)24(27)28)23-10-2-1-3-11-23/h4-9,12H,1-3,10-11,13H2,(H,22,25). The molecule has 1 amide bonds. The van der Waals surface area contributed by atoms with E-state index >= 15 is 0 Å². The van der Waals surface area contributed by atoms with Crippen LogP contribution in [-0.4, -0.2) is 36.5 Å². The number of hydrogen-bond donors (Lipinski definition) is 1. The third-order valence-corrected chi connectivity index (χ3v) is 4.82. The van der Waals surface area contributed by atoms with Crippen molar-refractivity contribution in [1.82, 2.24) is 0 Å². The van der Waals surface area contributed by atoms with E-state index in [0.717, 1.165) is 32.4 Å². The number of nitrogens with one attached hydrogen (secondary N) is 1. The Kier molecular flexibility index (Phi) is 6.66. The average Bonchev–Trinajstić information content (AvgIpc) is 2.74. The highest BCUT2D eigenvalue weighted by Crippen LogP contribution is 2.31. The third kappa shape index (κ3) is 5.45. The summed E-state index contributed by atoms with van der Waals surface area (Å²) in [6.07, 6.45) is 3.06. The van der Waals surface area contributed by atoms with E-state index in [4.69, 9.17) is 16.3 Å². The molecule has 0 atom stereocenters. The van der Waals surface area contributed by atoms with E-state index in [0.29, 0.717) is 16.4 Å². The Morgan fingerprint density at radius 3 is 2.45 bits per heavy atom. The molecular formula is C20H20ClN3O5. The molecule has 2 aromatic rings. The predicted molar refractivity (Wildman–Crippen MR) is 110 cm³/mol. The topological polar surface area (TPSA) is 102 Å². The summed E-state index contributed by atoms with van der Waals surface area (Å²) < 4.78 is 4.99. The van der Waals surface area contributed by atoms with Crippen LogP contribution in [0.3, 0.4) is 0 Å². The van der Waals surface area contributed by atoms with Gasteiger partial charge in [-0.05, 0) is 55.7 Å². The summed E-state index contributed by atoms with van der Waals surface area (Å²) in [6, 6.07) is 10.7. The normalized spacial score (nSPS) is 13.6. The van der Waals surface area contributed by atoms with Gasteiger partial charge in [0.15, 0.2) is 6.61 Å². The van der Waals surface area contributed by atoms with Crippen molar-refractivity contribution in [2.24, 2.45) is 0 Å². The van der Waals surface area contributed by atoms with E-state index in [-0.39, 0.29) is 11.3 Å². The lowest BCUT2D eigenvalue weighted by molar-refractivity contribution is -0.384. The molecule has 0 spiro atoms. The molecule has 1 N–H and O–H groups in total. The lowest BCUT2D eigenvalue weighted by atomic mass is 10.1. The number of amides is 1. The van der Waals surface area contributed by atoms with Gasteiger partial charge >= 0.3 is 5.97 Å². The molecule has 1 aliphatic heterocycles. The third-order valence-electron chi connectivity index (χ3n) is 4.57. The summed E-state index contributed by atoms with van der Waals surface area (Å²) in [5, 5.41) is 14.6. The summed E-state index contributed by atoms with van der Waals surface area (Å²) in [4.78, 5) is 37.1. The smallest absolute Gasteiger partial charge is 0.338 e. The summed E-state index contributed by atoms with van der Waals surface area (Å²) in [5.74, 6) is -1.33. The van der Waals surface area contributed by atoms with E-state index in [1.807, 2.05) is 4.90 Å². The fraction of sp³-hybridized carbons (Fsp3) is 0.300. The number of benzene rings is 2. The summed E-state index contributed by atoms with van der Waals surface area (Å²) in [6.45, 7) is 0.980. The fourth-order valence-corrected chi connectivity index (χ4v) is 3.27. The van der Waals surface area contributed by atoms with Crippen molar-refractivity contribution in [3.05, 3.63) is 63.2 Å². The van der Waals surface area contributed by atoms with E-state index in [9.17, 15) is 19.7 Å². The molecule has 0 bridgehead atoms. The first-order chi connectivity index (χ1) is 13.9. The minimum absolute atomic E-state index is 0.0248. The van der Waals surface area contributed by atoms with Crippen LogP contribution in [-0.2, 0) is 9.53 Å². The number of nitrogens with zero attached hydrogens (tertiary/aromatic N) is 2. The SMILES string of the molecule is O=C(COC(=O)c1ccc(N2CCCCC2)c([N+](=O)[O-])c1)Nc1ccc(Cl)cc1. The van der Waals surface area contributed by atoms with Crippen molar-refractivity contribution in [2.45, 2.75) is 19.3 Å². The van der Waals surface area contributed by atoms with Crippen LogP contribution in [0.15, 0.2) is 42.5 Å². The highest BCUT2D eigenvalue weighted by Gasteiger charge is 2.23. The van der Waals surface area contributed by atoms with Crippen LogP contribution in [0.4, 0.5) is 17.1 Å². The number of carbonyl (C=O) groups is 2. The Labute approximate surface area is 172 Å². The van der Waals surface area contributed by atoms with E-state index in [1.165, 1.54) is 12.1 Å². The molecule has 2 aromatic carbocycles. The van der Waals surface area contributed by atoms with Gasteiger partial charge in [-0.1, -0.05) is 11.6 Å². The zero-order valence-corrected chi connectivity index (χ0v) is 16.4. The van der Waals surface area contributed by atoms with Crippen molar-refractivity contribution in [2.75, 3.05) is 29.9 Å². The Balaban J connectivity index is 1.64. The van der Waals surface area contributed by atoms with Crippen LogP contribution in [0.5, 0.6) is 0 Å². The van der Waals surface area contributed by atoms with E-state index in [1.54, 1.807) is 30.3 Å². The molecular weight excluding hydrogens is 398 g/mol. The largest absolute Gasteiger partial charge is 0.452 e. The molecule has 29 heavy (non-hydrogen) atoms. The second-order valence-corrected chi connectivity index (χ2v) is 7.08. The maximum atomic E-state index is 12.3. The van der Waals surface area contributed by atoms with Gasteiger partial charge in [-0.2, -0.15) is 0 Å². The van der Waals surface area contributed by atoms with Crippen molar-refractivity contribution in [3.8, 4) is 0 Å². The van der Waals surface area contributed by atoms with Crippen molar-refractivity contribution >= 4 is 40.5 Å². The molecule has 1 saturated heterocycles. The Morgan fingerprint density at radius 2 is 1.79 bits per heavy atom. The van der Waals surface area contributed by atoms with Gasteiger partial charge in [0, 0.05) is 29.9 Å². The van der Waals surface area contributed by atoms with Crippen molar-refractivity contribution in [3.63, 3.8) is 0 Å². The van der Waals surface area contributed by atoms with E-state index in [2.05, 4.69) is 5.32 Å². The number of rotatable bonds is 6. The number of nitro benzene ring substituents is 1. The first kappa shape index (κ1) is 20.6. The lowest BCUT2D eigenvalue weighted by Gasteiger charge is -2.28.